The second-order valence-electron chi connectivity index (χ2n) is 6.27. The van der Waals surface area contributed by atoms with Crippen LogP contribution in [0.2, 0.25) is 0 Å². The number of amides is 1. The predicted octanol–water partition coefficient (Wildman–Crippen LogP) is 1.87. The Morgan fingerprint density at radius 1 is 1.38 bits per heavy atom. The Morgan fingerprint density at radius 2 is 2.00 bits per heavy atom. The summed E-state index contributed by atoms with van der Waals surface area (Å²) in [6.07, 6.45) is 2.32. The summed E-state index contributed by atoms with van der Waals surface area (Å²) >= 11 is 0. The summed E-state index contributed by atoms with van der Waals surface area (Å²) in [6.45, 7) is 10.9. The summed E-state index contributed by atoms with van der Waals surface area (Å²) in [5.74, 6) is 1.35. The van der Waals surface area contributed by atoms with E-state index < -0.39 is 0 Å². The van der Waals surface area contributed by atoms with Crippen LogP contribution in [0.1, 0.15) is 40.5 Å². The minimum atomic E-state index is 0.188. The molecule has 0 aromatic carbocycles. The number of nitrogens with two attached hydrogens (primary N) is 1. The van der Waals surface area contributed by atoms with Gasteiger partial charge in [0.25, 0.3) is 0 Å². The zero-order valence-electron chi connectivity index (χ0n) is 11.1. The number of likely N-dealkylation sites (tertiary alicyclic amines) is 1. The molecular formula is C13H26N2O. The minimum Gasteiger partial charge on any atom is -0.343 e. The third-order valence-electron chi connectivity index (χ3n) is 3.51. The van der Waals surface area contributed by atoms with Gasteiger partial charge in [-0.25, -0.2) is 0 Å². The quantitative estimate of drug-likeness (QED) is 0.781. The lowest BCUT2D eigenvalue weighted by atomic mass is 9.75. The van der Waals surface area contributed by atoms with E-state index in [4.69, 9.17) is 5.73 Å². The van der Waals surface area contributed by atoms with Gasteiger partial charge in [-0.3, -0.25) is 4.79 Å². The van der Waals surface area contributed by atoms with Crippen LogP contribution in [0.3, 0.4) is 0 Å². The molecule has 1 aliphatic heterocycles. The van der Waals surface area contributed by atoms with Gasteiger partial charge in [-0.2, -0.15) is 0 Å². The van der Waals surface area contributed by atoms with Crippen LogP contribution in [0.5, 0.6) is 0 Å². The average Bonchev–Trinajstić information content (AvgIpc) is 2.15. The first-order valence-corrected chi connectivity index (χ1v) is 6.29. The monoisotopic (exact) mass is 226 g/mol. The summed E-state index contributed by atoms with van der Waals surface area (Å²) in [5.41, 5.74) is 6.19. The van der Waals surface area contributed by atoms with E-state index >= 15 is 0 Å². The molecule has 0 aromatic rings. The first kappa shape index (κ1) is 13.5. The van der Waals surface area contributed by atoms with E-state index in [1.54, 1.807) is 6.92 Å². The zero-order valence-corrected chi connectivity index (χ0v) is 11.1. The number of nitrogens with zero attached hydrogens (tertiary/aromatic N) is 1. The first-order chi connectivity index (χ1) is 7.33. The highest BCUT2D eigenvalue weighted by atomic mass is 16.2. The fourth-order valence-corrected chi connectivity index (χ4v) is 2.69. The number of piperidine rings is 1. The van der Waals surface area contributed by atoms with Gasteiger partial charge in [0.15, 0.2) is 0 Å². The zero-order chi connectivity index (χ0) is 12.3. The third-order valence-corrected chi connectivity index (χ3v) is 3.51. The summed E-state index contributed by atoms with van der Waals surface area (Å²) < 4.78 is 0. The van der Waals surface area contributed by atoms with Crippen LogP contribution in [0, 0.1) is 17.3 Å². The van der Waals surface area contributed by atoms with E-state index in [9.17, 15) is 4.79 Å². The fraction of sp³-hybridized carbons (Fsp3) is 0.923. The molecule has 1 rings (SSSR count). The Kier molecular flexibility index (Phi) is 4.36. The Hall–Kier alpha value is -0.570. The molecule has 1 saturated heterocycles. The number of hydrogen-bond donors (Lipinski definition) is 1. The van der Waals surface area contributed by atoms with Crippen LogP contribution in [0.25, 0.3) is 0 Å². The van der Waals surface area contributed by atoms with Gasteiger partial charge in [0.05, 0.1) is 0 Å². The standard InChI is InChI=1S/C13H26N2O/c1-10(16)15-6-5-11(7-13(2,3)4)12(8-14)9-15/h11-12H,5-9,14H2,1-4H3. The summed E-state index contributed by atoms with van der Waals surface area (Å²) in [5, 5.41) is 0. The van der Waals surface area contributed by atoms with Gasteiger partial charge in [0, 0.05) is 20.0 Å². The van der Waals surface area contributed by atoms with Gasteiger partial charge in [-0.05, 0) is 36.6 Å². The normalized spacial score (nSPS) is 26.9. The maximum Gasteiger partial charge on any atom is 0.219 e. The van der Waals surface area contributed by atoms with E-state index in [0.29, 0.717) is 23.8 Å². The molecule has 0 radical (unpaired) electrons. The molecule has 2 N–H and O–H groups in total. The molecule has 3 heteroatoms. The molecule has 2 unspecified atom stereocenters. The summed E-state index contributed by atoms with van der Waals surface area (Å²) in [7, 11) is 0. The highest BCUT2D eigenvalue weighted by Gasteiger charge is 2.31. The number of rotatable bonds is 2. The molecule has 1 fully saturated rings. The van der Waals surface area contributed by atoms with E-state index in [1.165, 1.54) is 6.42 Å². The number of carbonyl (C=O) groups is 1. The largest absolute Gasteiger partial charge is 0.343 e. The summed E-state index contributed by atoms with van der Waals surface area (Å²) in [4.78, 5) is 13.3. The molecular weight excluding hydrogens is 200 g/mol. The Morgan fingerprint density at radius 3 is 2.44 bits per heavy atom. The van der Waals surface area contributed by atoms with Crippen molar-refractivity contribution in [3.63, 3.8) is 0 Å². The fourth-order valence-electron chi connectivity index (χ4n) is 2.69. The Balaban J connectivity index is 2.58. The average molecular weight is 226 g/mol. The van der Waals surface area contributed by atoms with Gasteiger partial charge < -0.3 is 10.6 Å². The molecule has 0 aliphatic carbocycles. The maximum atomic E-state index is 11.3. The van der Waals surface area contributed by atoms with Crippen molar-refractivity contribution in [3.8, 4) is 0 Å². The number of carbonyl (C=O) groups excluding carboxylic acids is 1. The van der Waals surface area contributed by atoms with Crippen molar-refractivity contribution in [1.29, 1.82) is 0 Å². The van der Waals surface area contributed by atoms with Gasteiger partial charge >= 0.3 is 0 Å². The smallest absolute Gasteiger partial charge is 0.219 e. The third kappa shape index (κ3) is 3.78. The molecule has 0 spiro atoms. The molecule has 0 bridgehead atoms. The van der Waals surface area contributed by atoms with Gasteiger partial charge in [0.2, 0.25) is 5.91 Å². The van der Waals surface area contributed by atoms with Crippen LogP contribution in [0.4, 0.5) is 0 Å². The van der Waals surface area contributed by atoms with Crippen molar-refractivity contribution in [2.45, 2.75) is 40.5 Å². The topological polar surface area (TPSA) is 46.3 Å². The van der Waals surface area contributed by atoms with Crippen LogP contribution < -0.4 is 5.73 Å². The second-order valence-corrected chi connectivity index (χ2v) is 6.27. The molecule has 94 valence electrons. The van der Waals surface area contributed by atoms with E-state index in [0.717, 1.165) is 19.5 Å². The van der Waals surface area contributed by atoms with E-state index in [-0.39, 0.29) is 5.91 Å². The molecule has 0 aromatic heterocycles. The van der Waals surface area contributed by atoms with Crippen molar-refractivity contribution in [1.82, 2.24) is 4.90 Å². The lowest BCUT2D eigenvalue weighted by Crippen LogP contribution is -2.46. The molecule has 2 atom stereocenters. The van der Waals surface area contributed by atoms with Crippen LogP contribution >= 0.6 is 0 Å². The van der Waals surface area contributed by atoms with Crippen molar-refractivity contribution in [2.75, 3.05) is 19.6 Å². The van der Waals surface area contributed by atoms with Crippen LogP contribution in [0.15, 0.2) is 0 Å². The highest BCUT2D eigenvalue weighted by molar-refractivity contribution is 5.73. The van der Waals surface area contributed by atoms with Crippen molar-refractivity contribution in [2.24, 2.45) is 23.0 Å². The molecule has 1 aliphatic rings. The number of hydrogen-bond acceptors (Lipinski definition) is 2. The predicted molar refractivity (Wildman–Crippen MR) is 67.0 cm³/mol. The molecule has 3 nitrogen and oxygen atoms in total. The van der Waals surface area contributed by atoms with Gasteiger partial charge in [0.1, 0.15) is 0 Å². The molecule has 1 heterocycles. The van der Waals surface area contributed by atoms with Crippen molar-refractivity contribution >= 4 is 5.91 Å². The Labute approximate surface area is 99.4 Å². The second kappa shape index (κ2) is 5.17. The lowest BCUT2D eigenvalue weighted by Gasteiger charge is -2.40. The summed E-state index contributed by atoms with van der Waals surface area (Å²) in [6, 6.07) is 0. The molecule has 1 amide bonds. The van der Waals surface area contributed by atoms with Crippen LogP contribution in [-0.4, -0.2) is 30.4 Å². The van der Waals surface area contributed by atoms with Crippen molar-refractivity contribution in [3.05, 3.63) is 0 Å². The van der Waals surface area contributed by atoms with Gasteiger partial charge in [-0.1, -0.05) is 20.8 Å². The van der Waals surface area contributed by atoms with Gasteiger partial charge in [-0.15, -0.1) is 0 Å². The molecule has 0 saturated carbocycles. The van der Waals surface area contributed by atoms with Crippen molar-refractivity contribution < 1.29 is 4.79 Å². The van der Waals surface area contributed by atoms with E-state index in [2.05, 4.69) is 20.8 Å². The highest BCUT2D eigenvalue weighted by Crippen LogP contribution is 2.33. The minimum absolute atomic E-state index is 0.188. The SMILES string of the molecule is CC(=O)N1CCC(CC(C)(C)C)C(CN)C1. The Bertz CT molecular complexity index is 245. The van der Waals surface area contributed by atoms with E-state index in [1.807, 2.05) is 4.90 Å². The lowest BCUT2D eigenvalue weighted by molar-refractivity contribution is -0.131. The molecule has 16 heavy (non-hydrogen) atoms. The first-order valence-electron chi connectivity index (χ1n) is 6.29. The maximum absolute atomic E-state index is 11.3. The van der Waals surface area contributed by atoms with Crippen LogP contribution in [-0.2, 0) is 4.79 Å².